The van der Waals surface area contributed by atoms with E-state index in [4.69, 9.17) is 9.84 Å². The zero-order valence-electron chi connectivity index (χ0n) is 9.84. The maximum absolute atomic E-state index is 13.3. The third kappa shape index (κ3) is 3.01. The van der Waals surface area contributed by atoms with Gasteiger partial charge < -0.3 is 14.9 Å². The van der Waals surface area contributed by atoms with Crippen LogP contribution in [0.4, 0.5) is 4.39 Å². The Bertz CT molecular complexity index is 610. The van der Waals surface area contributed by atoms with Crippen molar-refractivity contribution in [1.29, 1.82) is 0 Å². The van der Waals surface area contributed by atoms with Gasteiger partial charge in [-0.3, -0.25) is 0 Å². The van der Waals surface area contributed by atoms with Crippen LogP contribution in [-0.4, -0.2) is 16.2 Å². The minimum absolute atomic E-state index is 0.00146. The molecule has 2 rings (SSSR count). The maximum Gasteiger partial charge on any atom is 0.339 e. The summed E-state index contributed by atoms with van der Waals surface area (Å²) in [7, 11) is 0. The molecule has 4 nitrogen and oxygen atoms in total. The summed E-state index contributed by atoms with van der Waals surface area (Å²) >= 11 is 0. The van der Waals surface area contributed by atoms with Crippen LogP contribution in [0.1, 0.15) is 15.9 Å². The summed E-state index contributed by atoms with van der Waals surface area (Å²) in [5, 5.41) is 18.2. The van der Waals surface area contributed by atoms with E-state index < -0.39 is 11.7 Å². The lowest BCUT2D eigenvalue weighted by Gasteiger charge is -2.08. The predicted molar refractivity (Wildman–Crippen MR) is 65.8 cm³/mol. The number of aromatic hydroxyl groups is 1. The van der Waals surface area contributed by atoms with Crippen LogP contribution in [0.15, 0.2) is 42.5 Å². The lowest BCUT2D eigenvalue weighted by molar-refractivity contribution is 0.0693. The molecule has 2 N–H and O–H groups in total. The van der Waals surface area contributed by atoms with Crippen LogP contribution in [-0.2, 0) is 6.61 Å². The van der Waals surface area contributed by atoms with E-state index in [9.17, 15) is 14.3 Å². The number of carbonyl (C=O) groups is 1. The highest BCUT2D eigenvalue weighted by Crippen LogP contribution is 2.24. The van der Waals surface area contributed by atoms with Crippen molar-refractivity contribution in [3.8, 4) is 11.5 Å². The van der Waals surface area contributed by atoms with Gasteiger partial charge in [0.05, 0.1) is 0 Å². The van der Waals surface area contributed by atoms with Gasteiger partial charge in [0, 0.05) is 11.6 Å². The van der Waals surface area contributed by atoms with Crippen molar-refractivity contribution in [1.82, 2.24) is 0 Å². The molecule has 2 aromatic rings. The summed E-state index contributed by atoms with van der Waals surface area (Å²) in [6.45, 7) is -0.00146. The van der Waals surface area contributed by atoms with E-state index in [1.54, 1.807) is 18.2 Å². The quantitative estimate of drug-likeness (QED) is 0.889. The second-order valence-corrected chi connectivity index (χ2v) is 3.86. The van der Waals surface area contributed by atoms with Crippen molar-refractivity contribution in [2.45, 2.75) is 6.61 Å². The van der Waals surface area contributed by atoms with Crippen molar-refractivity contribution < 1.29 is 24.1 Å². The molecule has 0 bridgehead atoms. The summed E-state index contributed by atoms with van der Waals surface area (Å²) in [4.78, 5) is 10.7. The molecule has 0 aliphatic carbocycles. The molecule has 0 aliphatic heterocycles. The van der Waals surface area contributed by atoms with E-state index in [2.05, 4.69) is 0 Å². The van der Waals surface area contributed by atoms with Gasteiger partial charge in [-0.1, -0.05) is 18.2 Å². The summed E-state index contributed by atoms with van der Waals surface area (Å²) in [6, 6.07) is 9.99. The van der Waals surface area contributed by atoms with E-state index in [0.717, 1.165) is 0 Å². The van der Waals surface area contributed by atoms with E-state index in [-0.39, 0.29) is 23.7 Å². The van der Waals surface area contributed by atoms with Crippen molar-refractivity contribution in [3.63, 3.8) is 0 Å². The molecule has 0 aliphatic rings. The molecule has 0 aromatic heterocycles. The number of halogens is 1. The molecule has 5 heteroatoms. The monoisotopic (exact) mass is 262 g/mol. The first-order chi connectivity index (χ1) is 9.08. The largest absolute Gasteiger partial charge is 0.507 e. The predicted octanol–water partition coefficient (Wildman–Crippen LogP) is 2.81. The summed E-state index contributed by atoms with van der Waals surface area (Å²) in [5.74, 6) is -1.73. The molecule has 2 aromatic carbocycles. The fourth-order valence-electron chi connectivity index (χ4n) is 1.56. The highest BCUT2D eigenvalue weighted by Gasteiger charge is 2.10. The first kappa shape index (κ1) is 12.9. The molecule has 0 radical (unpaired) electrons. The van der Waals surface area contributed by atoms with Crippen molar-refractivity contribution >= 4 is 5.97 Å². The van der Waals surface area contributed by atoms with Gasteiger partial charge in [0.25, 0.3) is 0 Å². The molecule has 0 saturated carbocycles. The van der Waals surface area contributed by atoms with E-state index in [1.807, 2.05) is 0 Å². The fraction of sp³-hybridized carbons (Fsp3) is 0.0714. The third-order valence-electron chi connectivity index (χ3n) is 2.55. The molecule has 0 unspecified atom stereocenters. The lowest BCUT2D eigenvalue weighted by Crippen LogP contribution is -2.00. The van der Waals surface area contributed by atoms with Crippen LogP contribution in [0.2, 0.25) is 0 Å². The molecule has 0 saturated heterocycles. The summed E-state index contributed by atoms with van der Waals surface area (Å²) < 4.78 is 18.6. The summed E-state index contributed by atoms with van der Waals surface area (Å²) in [5.41, 5.74) is 0.169. The van der Waals surface area contributed by atoms with Crippen LogP contribution in [0.3, 0.4) is 0 Å². The van der Waals surface area contributed by atoms with Gasteiger partial charge in [0.2, 0.25) is 0 Å². The zero-order chi connectivity index (χ0) is 13.8. The van der Waals surface area contributed by atoms with Gasteiger partial charge in [0.1, 0.15) is 29.5 Å². The number of phenols is 1. The van der Waals surface area contributed by atoms with Crippen LogP contribution >= 0.6 is 0 Å². The highest BCUT2D eigenvalue weighted by molar-refractivity contribution is 5.90. The number of carboxylic acid groups (broad SMARTS) is 1. The Morgan fingerprint density at radius 3 is 2.58 bits per heavy atom. The van der Waals surface area contributed by atoms with Gasteiger partial charge in [-0.25, -0.2) is 9.18 Å². The molecule has 19 heavy (non-hydrogen) atoms. The van der Waals surface area contributed by atoms with Crippen LogP contribution in [0.25, 0.3) is 0 Å². The number of hydrogen-bond acceptors (Lipinski definition) is 3. The van der Waals surface area contributed by atoms with Gasteiger partial charge in [0.15, 0.2) is 0 Å². The Morgan fingerprint density at radius 2 is 1.95 bits per heavy atom. The van der Waals surface area contributed by atoms with Crippen LogP contribution in [0.5, 0.6) is 11.5 Å². The fourth-order valence-corrected chi connectivity index (χ4v) is 1.56. The first-order valence-corrected chi connectivity index (χ1v) is 5.50. The SMILES string of the molecule is O=C(O)c1ccc(OCc2ccccc2F)cc1O. The number of ether oxygens (including phenoxy) is 1. The van der Waals surface area contributed by atoms with Crippen LogP contribution in [0, 0.1) is 5.82 Å². The zero-order valence-corrected chi connectivity index (χ0v) is 9.84. The number of aromatic carboxylic acids is 1. The van der Waals surface area contributed by atoms with E-state index >= 15 is 0 Å². The topological polar surface area (TPSA) is 66.8 Å². The Kier molecular flexibility index (Phi) is 3.66. The smallest absolute Gasteiger partial charge is 0.339 e. The van der Waals surface area contributed by atoms with Gasteiger partial charge in [-0.05, 0) is 18.2 Å². The molecule has 0 atom stereocenters. The number of rotatable bonds is 4. The third-order valence-corrected chi connectivity index (χ3v) is 2.55. The van der Waals surface area contributed by atoms with Crippen molar-refractivity contribution in [2.75, 3.05) is 0 Å². The van der Waals surface area contributed by atoms with Crippen molar-refractivity contribution in [3.05, 3.63) is 59.4 Å². The Morgan fingerprint density at radius 1 is 1.21 bits per heavy atom. The highest BCUT2D eigenvalue weighted by atomic mass is 19.1. The number of hydrogen-bond donors (Lipinski definition) is 2. The molecular weight excluding hydrogens is 251 g/mol. The molecular formula is C14H11FO4. The molecule has 0 fully saturated rings. The molecule has 0 spiro atoms. The van der Waals surface area contributed by atoms with Crippen molar-refractivity contribution in [2.24, 2.45) is 0 Å². The van der Waals surface area contributed by atoms with Gasteiger partial charge in [-0.2, -0.15) is 0 Å². The van der Waals surface area contributed by atoms with E-state index in [1.165, 1.54) is 24.3 Å². The van der Waals surface area contributed by atoms with Gasteiger partial charge in [-0.15, -0.1) is 0 Å². The Hall–Kier alpha value is -2.56. The number of benzene rings is 2. The van der Waals surface area contributed by atoms with E-state index in [0.29, 0.717) is 5.56 Å². The average Bonchev–Trinajstić information content (AvgIpc) is 2.37. The Labute approximate surface area is 108 Å². The molecule has 0 heterocycles. The second-order valence-electron chi connectivity index (χ2n) is 3.86. The summed E-state index contributed by atoms with van der Waals surface area (Å²) in [6.07, 6.45) is 0. The number of carboxylic acids is 1. The molecule has 0 amide bonds. The van der Waals surface area contributed by atoms with Crippen LogP contribution < -0.4 is 4.74 Å². The first-order valence-electron chi connectivity index (χ1n) is 5.50. The minimum atomic E-state index is -1.22. The second kappa shape index (κ2) is 5.39. The minimum Gasteiger partial charge on any atom is -0.507 e. The molecule has 98 valence electrons. The maximum atomic E-state index is 13.3. The average molecular weight is 262 g/mol. The normalized spacial score (nSPS) is 10.2. The standard InChI is InChI=1S/C14H11FO4/c15-12-4-2-1-3-9(12)8-19-10-5-6-11(14(17)18)13(16)7-10/h1-7,16H,8H2,(H,17,18). The Balaban J connectivity index is 2.11. The lowest BCUT2D eigenvalue weighted by atomic mass is 10.2. The van der Waals surface area contributed by atoms with Gasteiger partial charge >= 0.3 is 5.97 Å².